The Morgan fingerprint density at radius 2 is 1.83 bits per heavy atom. The maximum atomic E-state index is 9.71. The largest absolute Gasteiger partial charge is 0.507 e. The molecule has 0 aromatic heterocycles. The molecule has 0 aliphatic rings. The van der Waals surface area contributed by atoms with Crippen molar-refractivity contribution < 1.29 is 5.11 Å². The van der Waals surface area contributed by atoms with Gasteiger partial charge in [0.25, 0.3) is 0 Å². The summed E-state index contributed by atoms with van der Waals surface area (Å²) in [5.74, 6) is 0.143. The maximum absolute atomic E-state index is 9.71. The van der Waals surface area contributed by atoms with Gasteiger partial charge in [0.2, 0.25) is 0 Å². The van der Waals surface area contributed by atoms with Crippen LogP contribution in [0.5, 0.6) is 5.75 Å². The molecule has 0 fully saturated rings. The van der Waals surface area contributed by atoms with E-state index >= 15 is 0 Å². The van der Waals surface area contributed by atoms with Crippen LogP contribution < -0.4 is 0 Å². The molecule has 2 nitrogen and oxygen atoms in total. The highest BCUT2D eigenvalue weighted by Crippen LogP contribution is 2.39. The lowest BCUT2D eigenvalue weighted by Crippen LogP contribution is -1.80. The number of nitriles is 1. The molecule has 0 bridgehead atoms. The molecule has 18 heavy (non-hydrogen) atoms. The van der Waals surface area contributed by atoms with E-state index in [1.54, 1.807) is 30.3 Å². The fourth-order valence-corrected chi connectivity index (χ4v) is 2.76. The van der Waals surface area contributed by atoms with Crippen molar-refractivity contribution in [2.24, 2.45) is 0 Å². The molecule has 0 aliphatic heterocycles. The number of halogens is 2. The number of aromatic hydroxyl groups is 1. The first-order chi connectivity index (χ1) is 8.60. The third-order valence-electron chi connectivity index (χ3n) is 2.20. The van der Waals surface area contributed by atoms with Crippen molar-refractivity contribution >= 4 is 35.0 Å². The summed E-state index contributed by atoms with van der Waals surface area (Å²) in [5, 5.41) is 19.5. The lowest BCUT2D eigenvalue weighted by Gasteiger charge is -2.06. The van der Waals surface area contributed by atoms with Gasteiger partial charge in [-0.05, 0) is 36.4 Å². The number of rotatable bonds is 2. The predicted octanol–water partition coefficient (Wildman–Crippen LogP) is 4.72. The molecular weight excluding hydrogens is 289 g/mol. The quantitative estimate of drug-likeness (QED) is 0.872. The molecule has 0 spiro atoms. The molecule has 0 atom stereocenters. The highest BCUT2D eigenvalue weighted by molar-refractivity contribution is 7.99. The molecule has 1 N–H and O–H groups in total. The van der Waals surface area contributed by atoms with Gasteiger partial charge in [0.05, 0.1) is 21.6 Å². The van der Waals surface area contributed by atoms with E-state index in [0.717, 1.165) is 4.90 Å². The number of hydrogen-bond acceptors (Lipinski definition) is 3. The van der Waals surface area contributed by atoms with E-state index in [0.29, 0.717) is 20.5 Å². The highest BCUT2D eigenvalue weighted by Gasteiger charge is 2.08. The van der Waals surface area contributed by atoms with Crippen LogP contribution in [0.3, 0.4) is 0 Å². The second kappa shape index (κ2) is 5.53. The van der Waals surface area contributed by atoms with Crippen LogP contribution in [0, 0.1) is 11.3 Å². The predicted molar refractivity (Wildman–Crippen MR) is 73.4 cm³/mol. The van der Waals surface area contributed by atoms with Crippen molar-refractivity contribution in [3.8, 4) is 11.8 Å². The standard InChI is InChI=1S/C13H7Cl2NOS/c14-9-2-3-11(17)13(6-9)18-12-4-1-8(7-16)5-10(12)15/h1-6,17H. The molecule has 0 unspecified atom stereocenters. The van der Waals surface area contributed by atoms with Crippen molar-refractivity contribution in [3.05, 3.63) is 52.0 Å². The Bertz CT molecular complexity index is 637. The van der Waals surface area contributed by atoms with Crippen LogP contribution in [0.25, 0.3) is 0 Å². The second-order valence-corrected chi connectivity index (χ2v) is 5.40. The maximum Gasteiger partial charge on any atom is 0.129 e. The van der Waals surface area contributed by atoms with Crippen LogP contribution in [-0.2, 0) is 0 Å². The first kappa shape index (κ1) is 13.1. The normalized spacial score (nSPS) is 10.1. The lowest BCUT2D eigenvalue weighted by molar-refractivity contribution is 0.462. The summed E-state index contributed by atoms with van der Waals surface area (Å²) in [6, 6.07) is 11.8. The Hall–Kier alpha value is -1.34. The van der Waals surface area contributed by atoms with E-state index in [1.165, 1.54) is 17.8 Å². The van der Waals surface area contributed by atoms with Crippen LogP contribution in [0.15, 0.2) is 46.2 Å². The van der Waals surface area contributed by atoms with E-state index in [9.17, 15) is 5.11 Å². The topological polar surface area (TPSA) is 44.0 Å². The Morgan fingerprint density at radius 1 is 1.06 bits per heavy atom. The smallest absolute Gasteiger partial charge is 0.129 e. The van der Waals surface area contributed by atoms with Gasteiger partial charge >= 0.3 is 0 Å². The first-order valence-electron chi connectivity index (χ1n) is 4.96. The molecule has 0 saturated carbocycles. The fraction of sp³-hybridized carbons (Fsp3) is 0. The summed E-state index contributed by atoms with van der Waals surface area (Å²) in [6.45, 7) is 0. The average molecular weight is 296 g/mol. The van der Waals surface area contributed by atoms with E-state index in [1.807, 2.05) is 6.07 Å². The van der Waals surface area contributed by atoms with Crippen molar-refractivity contribution in [2.45, 2.75) is 9.79 Å². The molecule has 90 valence electrons. The monoisotopic (exact) mass is 295 g/mol. The molecule has 0 saturated heterocycles. The van der Waals surface area contributed by atoms with Crippen LogP contribution >= 0.6 is 35.0 Å². The summed E-state index contributed by atoms with van der Waals surface area (Å²) in [6.07, 6.45) is 0. The summed E-state index contributed by atoms with van der Waals surface area (Å²) in [7, 11) is 0. The van der Waals surface area contributed by atoms with E-state index in [-0.39, 0.29) is 5.75 Å². The molecule has 0 radical (unpaired) electrons. The zero-order chi connectivity index (χ0) is 13.1. The lowest BCUT2D eigenvalue weighted by atomic mass is 10.2. The number of phenols is 1. The number of hydrogen-bond donors (Lipinski definition) is 1. The van der Waals surface area contributed by atoms with E-state index < -0.39 is 0 Å². The van der Waals surface area contributed by atoms with Gasteiger partial charge in [0, 0.05) is 9.92 Å². The zero-order valence-corrected chi connectivity index (χ0v) is 11.4. The van der Waals surface area contributed by atoms with Crippen LogP contribution in [0.2, 0.25) is 10.0 Å². The molecule has 0 heterocycles. The first-order valence-corrected chi connectivity index (χ1v) is 6.53. The molecule has 2 aromatic rings. The Labute approximate surface area is 119 Å². The molecule has 2 aromatic carbocycles. The minimum Gasteiger partial charge on any atom is -0.507 e. The summed E-state index contributed by atoms with van der Waals surface area (Å²) < 4.78 is 0. The summed E-state index contributed by atoms with van der Waals surface area (Å²) >= 11 is 13.2. The van der Waals surface area contributed by atoms with Gasteiger partial charge < -0.3 is 5.11 Å². The highest BCUT2D eigenvalue weighted by atomic mass is 35.5. The van der Waals surface area contributed by atoms with Gasteiger partial charge in [-0.15, -0.1) is 0 Å². The minimum absolute atomic E-state index is 0.143. The van der Waals surface area contributed by atoms with Gasteiger partial charge in [-0.25, -0.2) is 0 Å². The SMILES string of the molecule is N#Cc1ccc(Sc2cc(Cl)ccc2O)c(Cl)c1. The Morgan fingerprint density at radius 3 is 2.50 bits per heavy atom. The van der Waals surface area contributed by atoms with E-state index in [4.69, 9.17) is 28.5 Å². The second-order valence-electron chi connectivity index (χ2n) is 3.47. The summed E-state index contributed by atoms with van der Waals surface area (Å²) in [4.78, 5) is 1.38. The number of benzene rings is 2. The molecule has 0 amide bonds. The van der Waals surface area contributed by atoms with Crippen LogP contribution in [0.1, 0.15) is 5.56 Å². The van der Waals surface area contributed by atoms with Crippen LogP contribution in [0.4, 0.5) is 0 Å². The number of nitrogens with zero attached hydrogens (tertiary/aromatic N) is 1. The van der Waals surface area contributed by atoms with Crippen molar-refractivity contribution in [3.63, 3.8) is 0 Å². The van der Waals surface area contributed by atoms with E-state index in [2.05, 4.69) is 0 Å². The summed E-state index contributed by atoms with van der Waals surface area (Å²) in [5.41, 5.74) is 0.500. The van der Waals surface area contributed by atoms with Crippen LogP contribution in [-0.4, -0.2) is 5.11 Å². The Balaban J connectivity index is 2.34. The minimum atomic E-state index is 0.143. The van der Waals surface area contributed by atoms with Gasteiger partial charge in [0.15, 0.2) is 0 Å². The third kappa shape index (κ3) is 2.91. The van der Waals surface area contributed by atoms with Gasteiger partial charge in [-0.3, -0.25) is 0 Å². The van der Waals surface area contributed by atoms with Gasteiger partial charge in [-0.1, -0.05) is 35.0 Å². The molecule has 5 heteroatoms. The zero-order valence-electron chi connectivity index (χ0n) is 9.02. The van der Waals surface area contributed by atoms with Crippen molar-refractivity contribution in [2.75, 3.05) is 0 Å². The molecule has 0 aliphatic carbocycles. The third-order valence-corrected chi connectivity index (χ3v) is 3.99. The number of phenolic OH excluding ortho intramolecular Hbond substituents is 1. The fourth-order valence-electron chi connectivity index (χ4n) is 1.34. The molecular formula is C13H7Cl2NOS. The van der Waals surface area contributed by atoms with Gasteiger partial charge in [-0.2, -0.15) is 5.26 Å². The average Bonchev–Trinajstić information content (AvgIpc) is 2.36. The van der Waals surface area contributed by atoms with Crippen molar-refractivity contribution in [1.82, 2.24) is 0 Å². The molecule has 2 rings (SSSR count). The van der Waals surface area contributed by atoms with Gasteiger partial charge in [0.1, 0.15) is 5.75 Å². The Kier molecular flexibility index (Phi) is 4.03. The van der Waals surface area contributed by atoms with Crippen molar-refractivity contribution in [1.29, 1.82) is 5.26 Å².